The highest BCUT2D eigenvalue weighted by Gasteiger charge is 2.29. The van der Waals surface area contributed by atoms with Gasteiger partial charge >= 0.3 is 6.09 Å². The fourth-order valence-corrected chi connectivity index (χ4v) is 3.98. The third-order valence-electron chi connectivity index (χ3n) is 3.93. The highest BCUT2D eigenvalue weighted by atomic mass is 32.2. The molecule has 0 saturated carbocycles. The minimum atomic E-state index is -3.46. The number of nitrogens with zero attached hydrogens (tertiary/aromatic N) is 1. The summed E-state index contributed by atoms with van der Waals surface area (Å²) in [5.74, 6) is 0. The molecule has 1 aromatic rings. The number of methoxy groups -OCH3 is 1. The number of aryl methyl sites for hydroxylation is 1. The lowest BCUT2D eigenvalue weighted by Crippen LogP contribution is -2.46. The molecule has 122 valence electrons. The van der Waals surface area contributed by atoms with Crippen LogP contribution in [0.15, 0.2) is 29.2 Å². The van der Waals surface area contributed by atoms with E-state index in [0.717, 1.165) is 12.0 Å². The second-order valence-electron chi connectivity index (χ2n) is 5.31. The standard InChI is InChI=1S/C15H22N2O4S/c1-3-12-4-6-14(7-5-12)22(19,20)17-10-8-13(9-11-17)16-15(18)21-2/h4-7,13H,3,8-11H2,1-2H3,(H,16,18). The number of hydrogen-bond acceptors (Lipinski definition) is 4. The lowest BCUT2D eigenvalue weighted by molar-refractivity contribution is 0.161. The zero-order valence-corrected chi connectivity index (χ0v) is 13.7. The molecule has 1 heterocycles. The smallest absolute Gasteiger partial charge is 0.407 e. The molecule has 1 saturated heterocycles. The number of piperidine rings is 1. The van der Waals surface area contributed by atoms with Gasteiger partial charge in [0, 0.05) is 19.1 Å². The van der Waals surface area contributed by atoms with Crippen LogP contribution in [0.3, 0.4) is 0 Å². The zero-order valence-electron chi connectivity index (χ0n) is 12.9. The Hall–Kier alpha value is -1.60. The number of amides is 1. The number of nitrogens with one attached hydrogen (secondary N) is 1. The summed E-state index contributed by atoms with van der Waals surface area (Å²) in [6, 6.07) is 6.97. The van der Waals surface area contributed by atoms with Crippen molar-refractivity contribution in [1.82, 2.24) is 9.62 Å². The number of carbonyl (C=O) groups excluding carboxylic acids is 1. The third-order valence-corrected chi connectivity index (χ3v) is 5.84. The van der Waals surface area contributed by atoms with Gasteiger partial charge in [-0.15, -0.1) is 0 Å². The molecule has 2 rings (SSSR count). The quantitative estimate of drug-likeness (QED) is 0.915. The molecule has 0 bridgehead atoms. The molecule has 1 amide bonds. The molecule has 1 aliphatic heterocycles. The summed E-state index contributed by atoms with van der Waals surface area (Å²) in [4.78, 5) is 11.5. The van der Waals surface area contributed by atoms with Gasteiger partial charge in [-0.1, -0.05) is 19.1 Å². The van der Waals surface area contributed by atoms with E-state index >= 15 is 0 Å². The van der Waals surface area contributed by atoms with Gasteiger partial charge in [0.1, 0.15) is 0 Å². The molecule has 6 nitrogen and oxygen atoms in total. The van der Waals surface area contributed by atoms with Crippen molar-refractivity contribution in [2.24, 2.45) is 0 Å². The van der Waals surface area contributed by atoms with Crippen molar-refractivity contribution < 1.29 is 17.9 Å². The van der Waals surface area contributed by atoms with Crippen LogP contribution in [-0.4, -0.2) is 45.1 Å². The van der Waals surface area contributed by atoms with Gasteiger partial charge in [-0.25, -0.2) is 13.2 Å². The summed E-state index contributed by atoms with van der Waals surface area (Å²) < 4.78 is 31.2. The van der Waals surface area contributed by atoms with Gasteiger partial charge in [0.25, 0.3) is 0 Å². The molecule has 0 unspecified atom stereocenters. The number of rotatable bonds is 4. The highest BCUT2D eigenvalue weighted by Crippen LogP contribution is 2.21. The summed E-state index contributed by atoms with van der Waals surface area (Å²) in [7, 11) is -2.14. The SMILES string of the molecule is CCc1ccc(S(=O)(=O)N2CCC(NC(=O)OC)CC2)cc1. The third kappa shape index (κ3) is 3.78. The largest absolute Gasteiger partial charge is 0.453 e. The first-order valence-corrected chi connectivity index (χ1v) is 8.85. The predicted octanol–water partition coefficient (Wildman–Crippen LogP) is 1.76. The normalized spacial score (nSPS) is 17.2. The predicted molar refractivity (Wildman–Crippen MR) is 83.1 cm³/mol. The molecule has 0 spiro atoms. The maximum atomic E-state index is 12.6. The number of hydrogen-bond donors (Lipinski definition) is 1. The molecule has 1 N–H and O–H groups in total. The summed E-state index contributed by atoms with van der Waals surface area (Å²) in [6.45, 7) is 2.82. The zero-order chi connectivity index (χ0) is 16.2. The Labute approximate surface area is 131 Å². The van der Waals surface area contributed by atoms with E-state index in [1.807, 2.05) is 19.1 Å². The van der Waals surface area contributed by atoms with Gasteiger partial charge in [0.05, 0.1) is 12.0 Å². The van der Waals surface area contributed by atoms with Crippen molar-refractivity contribution >= 4 is 16.1 Å². The van der Waals surface area contributed by atoms with Gasteiger partial charge in [0.15, 0.2) is 0 Å². The summed E-state index contributed by atoms with van der Waals surface area (Å²) >= 11 is 0. The van der Waals surface area contributed by atoms with Crippen molar-refractivity contribution in [3.8, 4) is 0 Å². The Morgan fingerprint density at radius 2 is 1.86 bits per heavy atom. The van der Waals surface area contributed by atoms with E-state index in [1.165, 1.54) is 11.4 Å². The first-order chi connectivity index (χ1) is 10.5. The topological polar surface area (TPSA) is 75.7 Å². The van der Waals surface area contributed by atoms with Gasteiger partial charge in [-0.3, -0.25) is 0 Å². The first-order valence-electron chi connectivity index (χ1n) is 7.41. The summed E-state index contributed by atoms with van der Waals surface area (Å²) in [6.07, 6.45) is 1.57. The molecule has 0 atom stereocenters. The van der Waals surface area contributed by atoms with Crippen LogP contribution in [0.2, 0.25) is 0 Å². The van der Waals surface area contributed by atoms with Crippen molar-refractivity contribution in [3.63, 3.8) is 0 Å². The van der Waals surface area contributed by atoms with Crippen molar-refractivity contribution in [2.75, 3.05) is 20.2 Å². The maximum Gasteiger partial charge on any atom is 0.407 e. The van der Waals surface area contributed by atoms with Crippen LogP contribution >= 0.6 is 0 Å². The van der Waals surface area contributed by atoms with E-state index in [1.54, 1.807) is 12.1 Å². The Morgan fingerprint density at radius 1 is 1.27 bits per heavy atom. The maximum absolute atomic E-state index is 12.6. The Balaban J connectivity index is 2.01. The van der Waals surface area contributed by atoms with E-state index < -0.39 is 16.1 Å². The van der Waals surface area contributed by atoms with E-state index in [0.29, 0.717) is 30.8 Å². The van der Waals surface area contributed by atoms with E-state index in [2.05, 4.69) is 10.1 Å². The molecule has 0 aromatic heterocycles. The average Bonchev–Trinajstić information content (AvgIpc) is 2.55. The molecule has 7 heteroatoms. The highest BCUT2D eigenvalue weighted by molar-refractivity contribution is 7.89. The number of carbonyl (C=O) groups is 1. The lowest BCUT2D eigenvalue weighted by Gasteiger charge is -2.31. The van der Waals surface area contributed by atoms with Crippen LogP contribution in [-0.2, 0) is 21.2 Å². The molecular formula is C15H22N2O4S. The van der Waals surface area contributed by atoms with Crippen LogP contribution in [0.5, 0.6) is 0 Å². The van der Waals surface area contributed by atoms with Crippen LogP contribution in [0, 0.1) is 0 Å². The van der Waals surface area contributed by atoms with Gasteiger partial charge in [-0.05, 0) is 37.0 Å². The molecular weight excluding hydrogens is 304 g/mol. The van der Waals surface area contributed by atoms with Gasteiger partial charge in [0.2, 0.25) is 10.0 Å². The molecule has 22 heavy (non-hydrogen) atoms. The van der Waals surface area contributed by atoms with Crippen molar-refractivity contribution in [1.29, 1.82) is 0 Å². The molecule has 1 aromatic carbocycles. The molecule has 0 radical (unpaired) electrons. The van der Waals surface area contributed by atoms with Crippen LogP contribution in [0.1, 0.15) is 25.3 Å². The van der Waals surface area contributed by atoms with Crippen LogP contribution in [0.4, 0.5) is 4.79 Å². The monoisotopic (exact) mass is 326 g/mol. The van der Waals surface area contributed by atoms with E-state index in [-0.39, 0.29) is 6.04 Å². The molecule has 1 aliphatic rings. The second-order valence-corrected chi connectivity index (χ2v) is 7.25. The Morgan fingerprint density at radius 3 is 2.36 bits per heavy atom. The fourth-order valence-electron chi connectivity index (χ4n) is 2.51. The minimum absolute atomic E-state index is 0.0404. The van der Waals surface area contributed by atoms with Crippen LogP contribution in [0.25, 0.3) is 0 Å². The summed E-state index contributed by atoms with van der Waals surface area (Å²) in [5.41, 5.74) is 1.11. The minimum Gasteiger partial charge on any atom is -0.453 e. The Bertz CT molecular complexity index is 605. The van der Waals surface area contributed by atoms with E-state index in [4.69, 9.17) is 0 Å². The van der Waals surface area contributed by atoms with Crippen molar-refractivity contribution in [2.45, 2.75) is 37.1 Å². The van der Waals surface area contributed by atoms with E-state index in [9.17, 15) is 13.2 Å². The second kappa shape index (κ2) is 7.11. The van der Waals surface area contributed by atoms with Gasteiger partial charge in [-0.2, -0.15) is 4.31 Å². The summed E-state index contributed by atoms with van der Waals surface area (Å²) in [5, 5.41) is 2.71. The lowest BCUT2D eigenvalue weighted by atomic mass is 10.1. The number of sulfonamides is 1. The fraction of sp³-hybridized carbons (Fsp3) is 0.533. The van der Waals surface area contributed by atoms with Crippen molar-refractivity contribution in [3.05, 3.63) is 29.8 Å². The molecule has 0 aliphatic carbocycles. The Kier molecular flexibility index (Phi) is 5.42. The van der Waals surface area contributed by atoms with Gasteiger partial charge < -0.3 is 10.1 Å². The van der Waals surface area contributed by atoms with Crippen LogP contribution < -0.4 is 5.32 Å². The average molecular weight is 326 g/mol. The molecule has 1 fully saturated rings. The number of benzene rings is 1. The number of alkyl carbamates (subject to hydrolysis) is 1. The first kappa shape index (κ1) is 16.8. The number of ether oxygens (including phenoxy) is 1.